The van der Waals surface area contributed by atoms with Crippen LogP contribution in [0.5, 0.6) is 0 Å². The first-order chi connectivity index (χ1) is 9.43. The second kappa shape index (κ2) is 7.28. The van der Waals surface area contributed by atoms with Gasteiger partial charge in [0.05, 0.1) is 0 Å². The van der Waals surface area contributed by atoms with Gasteiger partial charge in [0.25, 0.3) is 0 Å². The van der Waals surface area contributed by atoms with Crippen LogP contribution in [0.15, 0.2) is 28.7 Å². The van der Waals surface area contributed by atoms with Gasteiger partial charge in [0.2, 0.25) is 0 Å². The molecule has 6 heteroatoms. The van der Waals surface area contributed by atoms with E-state index in [1.54, 1.807) is 13.8 Å². The molecule has 0 aromatic heterocycles. The van der Waals surface area contributed by atoms with E-state index in [2.05, 4.69) is 26.6 Å². The Balaban J connectivity index is 2.61. The topological polar surface area (TPSA) is 78.4 Å². The lowest BCUT2D eigenvalue weighted by molar-refractivity contribution is -0.144. The van der Waals surface area contributed by atoms with Crippen molar-refractivity contribution < 1.29 is 14.7 Å². The lowest BCUT2D eigenvalue weighted by Crippen LogP contribution is -2.56. The quantitative estimate of drug-likeness (QED) is 0.743. The number of aliphatic carboxylic acids is 1. The van der Waals surface area contributed by atoms with Crippen molar-refractivity contribution in [2.24, 2.45) is 0 Å². The van der Waals surface area contributed by atoms with Crippen LogP contribution in [0, 0.1) is 0 Å². The fourth-order valence-corrected chi connectivity index (χ4v) is 2.32. The van der Waals surface area contributed by atoms with Gasteiger partial charge in [-0.15, -0.1) is 0 Å². The number of carboxylic acid groups (broad SMARTS) is 1. The number of amides is 2. The number of benzene rings is 1. The van der Waals surface area contributed by atoms with Gasteiger partial charge in [0.1, 0.15) is 5.54 Å². The fourth-order valence-electron chi connectivity index (χ4n) is 1.87. The number of carboxylic acids is 1. The Morgan fingerprint density at radius 3 is 2.45 bits per heavy atom. The van der Waals surface area contributed by atoms with Crippen molar-refractivity contribution in [3.63, 3.8) is 0 Å². The number of carbonyl (C=O) groups excluding carboxylic acids is 1. The van der Waals surface area contributed by atoms with Gasteiger partial charge >= 0.3 is 12.0 Å². The Hall–Kier alpha value is -1.56. The van der Waals surface area contributed by atoms with Crippen molar-refractivity contribution in [3.05, 3.63) is 34.3 Å². The van der Waals surface area contributed by atoms with Crippen LogP contribution in [-0.4, -0.2) is 22.6 Å². The molecule has 0 spiro atoms. The molecule has 5 nitrogen and oxygen atoms in total. The minimum Gasteiger partial charge on any atom is -0.480 e. The second-order valence-electron chi connectivity index (χ2n) is 4.53. The molecule has 0 unspecified atom stereocenters. The van der Waals surface area contributed by atoms with E-state index in [0.29, 0.717) is 19.4 Å². The molecule has 20 heavy (non-hydrogen) atoms. The largest absolute Gasteiger partial charge is 0.480 e. The summed E-state index contributed by atoms with van der Waals surface area (Å²) in [6, 6.07) is 7.07. The molecule has 0 radical (unpaired) electrons. The maximum Gasteiger partial charge on any atom is 0.329 e. The molecule has 0 saturated carbocycles. The molecule has 110 valence electrons. The molecule has 0 aliphatic heterocycles. The summed E-state index contributed by atoms with van der Waals surface area (Å²) in [6.45, 7) is 3.83. The summed E-state index contributed by atoms with van der Waals surface area (Å²) in [5, 5.41) is 14.5. The molecule has 1 aromatic carbocycles. The third kappa shape index (κ3) is 4.23. The molecule has 0 heterocycles. The summed E-state index contributed by atoms with van der Waals surface area (Å²) >= 11 is 3.35. The maximum atomic E-state index is 11.8. The van der Waals surface area contributed by atoms with Crippen molar-refractivity contribution in [1.82, 2.24) is 10.6 Å². The monoisotopic (exact) mass is 342 g/mol. The Labute approximate surface area is 126 Å². The van der Waals surface area contributed by atoms with E-state index in [0.717, 1.165) is 10.0 Å². The highest BCUT2D eigenvalue weighted by Gasteiger charge is 2.36. The molecule has 0 fully saturated rings. The third-order valence-corrected chi connectivity index (χ3v) is 3.80. The van der Waals surface area contributed by atoms with E-state index in [9.17, 15) is 14.7 Å². The van der Waals surface area contributed by atoms with Gasteiger partial charge in [-0.2, -0.15) is 0 Å². The number of hydrogen-bond acceptors (Lipinski definition) is 2. The van der Waals surface area contributed by atoms with Crippen molar-refractivity contribution in [2.75, 3.05) is 0 Å². The standard InChI is InChI=1S/C14H19BrN2O3/c1-3-14(4-2,12(18)19)17-13(20)16-9-10-6-5-7-11(15)8-10/h5-8H,3-4,9H2,1-2H3,(H,18,19)(H2,16,17,20). The summed E-state index contributed by atoms with van der Waals surface area (Å²) in [5.74, 6) is -1.01. The highest BCUT2D eigenvalue weighted by Crippen LogP contribution is 2.15. The average Bonchev–Trinajstić information content (AvgIpc) is 2.42. The number of halogens is 1. The zero-order chi connectivity index (χ0) is 15.2. The second-order valence-corrected chi connectivity index (χ2v) is 5.45. The summed E-state index contributed by atoms with van der Waals surface area (Å²) in [6.07, 6.45) is 0.673. The van der Waals surface area contributed by atoms with Gasteiger partial charge in [0.15, 0.2) is 0 Å². The summed E-state index contributed by atoms with van der Waals surface area (Å²) in [5.41, 5.74) is -0.273. The number of nitrogens with one attached hydrogen (secondary N) is 2. The molecule has 0 atom stereocenters. The van der Waals surface area contributed by atoms with Gasteiger partial charge in [0, 0.05) is 11.0 Å². The van der Waals surface area contributed by atoms with E-state index < -0.39 is 17.5 Å². The highest BCUT2D eigenvalue weighted by molar-refractivity contribution is 9.10. The molecule has 2 amide bonds. The van der Waals surface area contributed by atoms with Crippen molar-refractivity contribution in [3.8, 4) is 0 Å². The van der Waals surface area contributed by atoms with Crippen LogP contribution in [0.25, 0.3) is 0 Å². The van der Waals surface area contributed by atoms with Gasteiger partial charge in [-0.05, 0) is 30.5 Å². The molecular weight excluding hydrogens is 324 g/mol. The van der Waals surface area contributed by atoms with Crippen LogP contribution in [0.1, 0.15) is 32.3 Å². The van der Waals surface area contributed by atoms with Gasteiger partial charge in [-0.1, -0.05) is 41.9 Å². The molecule has 0 aliphatic rings. The smallest absolute Gasteiger partial charge is 0.329 e. The zero-order valence-corrected chi connectivity index (χ0v) is 13.2. The number of carbonyl (C=O) groups is 2. The average molecular weight is 343 g/mol. The molecule has 1 rings (SSSR count). The predicted molar refractivity (Wildman–Crippen MR) is 80.5 cm³/mol. The number of hydrogen-bond donors (Lipinski definition) is 3. The van der Waals surface area contributed by atoms with E-state index >= 15 is 0 Å². The lowest BCUT2D eigenvalue weighted by Gasteiger charge is -2.28. The van der Waals surface area contributed by atoms with Crippen molar-refractivity contribution >= 4 is 27.9 Å². The summed E-state index contributed by atoms with van der Waals surface area (Å²) in [4.78, 5) is 23.1. The molecule has 1 aromatic rings. The lowest BCUT2D eigenvalue weighted by atomic mass is 9.93. The molecule has 0 aliphatic carbocycles. The Morgan fingerprint density at radius 1 is 1.30 bits per heavy atom. The predicted octanol–water partition coefficient (Wildman–Crippen LogP) is 2.89. The first-order valence-corrected chi connectivity index (χ1v) is 7.26. The van der Waals surface area contributed by atoms with Crippen molar-refractivity contribution in [1.29, 1.82) is 0 Å². The van der Waals surface area contributed by atoms with Crippen LogP contribution in [0.3, 0.4) is 0 Å². The van der Waals surface area contributed by atoms with E-state index in [1.807, 2.05) is 24.3 Å². The minimum absolute atomic E-state index is 0.336. The molecule has 0 bridgehead atoms. The minimum atomic E-state index is -1.21. The highest BCUT2D eigenvalue weighted by atomic mass is 79.9. The summed E-state index contributed by atoms with van der Waals surface area (Å²) < 4.78 is 0.930. The van der Waals surface area contributed by atoms with E-state index in [-0.39, 0.29) is 0 Å². The number of urea groups is 1. The summed E-state index contributed by atoms with van der Waals surface area (Å²) in [7, 11) is 0. The SMILES string of the molecule is CCC(CC)(NC(=O)NCc1cccc(Br)c1)C(=O)O. The van der Waals surface area contributed by atoms with Crippen LogP contribution in [0.2, 0.25) is 0 Å². The Bertz CT molecular complexity index is 487. The third-order valence-electron chi connectivity index (χ3n) is 3.31. The zero-order valence-electron chi connectivity index (χ0n) is 11.6. The van der Waals surface area contributed by atoms with Crippen molar-refractivity contribution in [2.45, 2.75) is 38.8 Å². The Morgan fingerprint density at radius 2 is 1.95 bits per heavy atom. The normalized spacial score (nSPS) is 10.9. The van der Waals surface area contributed by atoms with Gasteiger partial charge in [-0.3, -0.25) is 0 Å². The molecular formula is C14H19BrN2O3. The Kier molecular flexibility index (Phi) is 6.01. The van der Waals surface area contributed by atoms with Crippen LogP contribution in [0.4, 0.5) is 4.79 Å². The first-order valence-electron chi connectivity index (χ1n) is 6.47. The van der Waals surface area contributed by atoms with Crippen LogP contribution >= 0.6 is 15.9 Å². The van der Waals surface area contributed by atoms with Gasteiger partial charge in [-0.25, -0.2) is 9.59 Å². The van der Waals surface area contributed by atoms with E-state index in [4.69, 9.17) is 0 Å². The fraction of sp³-hybridized carbons (Fsp3) is 0.429. The van der Waals surface area contributed by atoms with Crippen LogP contribution in [-0.2, 0) is 11.3 Å². The maximum absolute atomic E-state index is 11.8. The van der Waals surface area contributed by atoms with E-state index in [1.165, 1.54) is 0 Å². The molecule has 3 N–H and O–H groups in total. The first kappa shape index (κ1) is 16.5. The molecule has 0 saturated heterocycles. The van der Waals surface area contributed by atoms with Crippen LogP contribution < -0.4 is 10.6 Å². The number of rotatable bonds is 6. The van der Waals surface area contributed by atoms with Gasteiger partial charge < -0.3 is 15.7 Å².